The van der Waals surface area contributed by atoms with E-state index in [0.717, 1.165) is 13.1 Å². The second kappa shape index (κ2) is 6.41. The summed E-state index contributed by atoms with van der Waals surface area (Å²) in [5.74, 6) is -0.590. The molecule has 2 saturated heterocycles. The van der Waals surface area contributed by atoms with E-state index in [4.69, 9.17) is 16.9 Å². The zero-order valence-corrected chi connectivity index (χ0v) is 9.94. The van der Waals surface area contributed by atoms with Gasteiger partial charge in [-0.1, -0.05) is 0 Å². The van der Waals surface area contributed by atoms with E-state index < -0.39 is 6.09 Å². The molecule has 0 aromatic heterocycles. The van der Waals surface area contributed by atoms with Gasteiger partial charge in [0.1, 0.15) is 0 Å². The Balaban J connectivity index is 0.000000171. The van der Waals surface area contributed by atoms with E-state index in [1.165, 1.54) is 4.90 Å². The van der Waals surface area contributed by atoms with Gasteiger partial charge in [0, 0.05) is 50.8 Å². The Hall–Kier alpha value is -1.34. The lowest BCUT2D eigenvalue weighted by atomic mass is 10.4. The molecule has 2 fully saturated rings. The van der Waals surface area contributed by atoms with Crippen molar-refractivity contribution >= 4 is 29.7 Å². The van der Waals surface area contributed by atoms with Gasteiger partial charge < -0.3 is 15.3 Å². The molecule has 2 aliphatic heterocycles. The summed E-state index contributed by atoms with van der Waals surface area (Å²) in [5.41, 5.74) is 0. The molecular formula is C9H14ClN3O4. The minimum atomic E-state index is -0.809. The molecule has 0 aromatic rings. The molecule has 0 spiro atoms. The quantitative estimate of drug-likeness (QED) is 0.469. The molecule has 2 heterocycles. The molecule has 0 saturated carbocycles. The van der Waals surface area contributed by atoms with Crippen molar-refractivity contribution in [2.45, 2.75) is 12.8 Å². The van der Waals surface area contributed by atoms with Gasteiger partial charge in [0.2, 0.25) is 11.8 Å². The smallest absolute Gasteiger partial charge is 0.407 e. The highest BCUT2D eigenvalue weighted by molar-refractivity contribution is 6.32. The lowest BCUT2D eigenvalue weighted by Crippen LogP contribution is -2.45. The summed E-state index contributed by atoms with van der Waals surface area (Å²) in [5, 5.41) is 11.5. The summed E-state index contributed by atoms with van der Waals surface area (Å²) in [6.07, 6.45) is -0.276. The molecule has 0 atom stereocenters. The number of hydrogen-bond acceptors (Lipinski definition) is 4. The van der Waals surface area contributed by atoms with Gasteiger partial charge in [0.25, 0.3) is 0 Å². The van der Waals surface area contributed by atoms with E-state index in [9.17, 15) is 14.4 Å². The SMILES string of the molecule is O=C(O)N1CCNCC1.O=C1CCC(=O)N1Cl. The first-order valence-electron chi connectivity index (χ1n) is 5.22. The molecule has 0 radical (unpaired) electrons. The molecule has 17 heavy (non-hydrogen) atoms. The molecule has 0 bridgehead atoms. The molecular weight excluding hydrogens is 250 g/mol. The Morgan fingerprint density at radius 3 is 1.88 bits per heavy atom. The Morgan fingerprint density at radius 1 is 1.18 bits per heavy atom. The van der Waals surface area contributed by atoms with Crippen LogP contribution in [0.4, 0.5) is 4.79 Å². The van der Waals surface area contributed by atoms with Crippen LogP contribution < -0.4 is 5.32 Å². The van der Waals surface area contributed by atoms with E-state index in [1.54, 1.807) is 0 Å². The van der Waals surface area contributed by atoms with Crippen LogP contribution in [0.3, 0.4) is 0 Å². The number of halogens is 1. The number of rotatable bonds is 0. The average molecular weight is 264 g/mol. The Bertz CT molecular complexity index is 301. The molecule has 3 amide bonds. The highest BCUT2D eigenvalue weighted by Crippen LogP contribution is 2.12. The monoisotopic (exact) mass is 263 g/mol. The molecule has 2 N–H and O–H groups in total. The van der Waals surface area contributed by atoms with Gasteiger partial charge in [-0.3, -0.25) is 9.59 Å². The maximum atomic E-state index is 10.4. The minimum absolute atomic E-state index is 0.266. The zero-order valence-electron chi connectivity index (χ0n) is 9.19. The summed E-state index contributed by atoms with van der Waals surface area (Å²) >= 11 is 5.15. The van der Waals surface area contributed by atoms with Crippen molar-refractivity contribution in [1.82, 2.24) is 14.6 Å². The van der Waals surface area contributed by atoms with Crippen molar-refractivity contribution < 1.29 is 19.5 Å². The Kier molecular flexibility index (Phi) is 5.17. The summed E-state index contributed by atoms with van der Waals surface area (Å²) in [7, 11) is 0. The van der Waals surface area contributed by atoms with Crippen LogP contribution in [0.25, 0.3) is 0 Å². The summed E-state index contributed by atoms with van der Waals surface area (Å²) in [6, 6.07) is 0. The fourth-order valence-corrected chi connectivity index (χ4v) is 1.57. The number of nitrogens with zero attached hydrogens (tertiary/aromatic N) is 2. The number of amides is 3. The minimum Gasteiger partial charge on any atom is -0.465 e. The molecule has 2 aliphatic rings. The van der Waals surface area contributed by atoms with Crippen LogP contribution in [0.5, 0.6) is 0 Å². The van der Waals surface area contributed by atoms with Gasteiger partial charge >= 0.3 is 6.09 Å². The highest BCUT2D eigenvalue weighted by atomic mass is 35.5. The first-order chi connectivity index (χ1) is 8.02. The number of carbonyl (C=O) groups excluding carboxylic acids is 2. The van der Waals surface area contributed by atoms with E-state index >= 15 is 0 Å². The van der Waals surface area contributed by atoms with Crippen molar-refractivity contribution in [1.29, 1.82) is 0 Å². The zero-order chi connectivity index (χ0) is 12.8. The van der Waals surface area contributed by atoms with Crippen LogP contribution in [-0.4, -0.2) is 58.5 Å². The van der Waals surface area contributed by atoms with Gasteiger partial charge in [-0.2, -0.15) is 4.42 Å². The maximum Gasteiger partial charge on any atom is 0.407 e. The van der Waals surface area contributed by atoms with E-state index in [0.29, 0.717) is 17.5 Å². The van der Waals surface area contributed by atoms with Crippen molar-refractivity contribution in [3.05, 3.63) is 0 Å². The molecule has 7 nitrogen and oxygen atoms in total. The van der Waals surface area contributed by atoms with Crippen LogP contribution >= 0.6 is 11.8 Å². The number of nitrogens with one attached hydrogen (secondary N) is 1. The van der Waals surface area contributed by atoms with Crippen LogP contribution in [0, 0.1) is 0 Å². The number of imide groups is 1. The largest absolute Gasteiger partial charge is 0.465 e. The standard InChI is InChI=1S/C5H10N2O2.C4H4ClNO2/c8-5(9)7-3-1-6-2-4-7;5-6-3(7)1-2-4(6)8/h6H,1-4H2,(H,8,9);1-2H2. The second-order valence-corrected chi connectivity index (χ2v) is 3.93. The van der Waals surface area contributed by atoms with Crippen molar-refractivity contribution in [3.8, 4) is 0 Å². The summed E-state index contributed by atoms with van der Waals surface area (Å²) < 4.78 is 0.639. The molecule has 2 rings (SSSR count). The third-order valence-corrected chi connectivity index (χ3v) is 2.76. The van der Waals surface area contributed by atoms with Crippen molar-refractivity contribution in [3.63, 3.8) is 0 Å². The van der Waals surface area contributed by atoms with E-state index in [-0.39, 0.29) is 24.7 Å². The fraction of sp³-hybridized carbons (Fsp3) is 0.667. The number of hydrogen-bond donors (Lipinski definition) is 2. The number of piperazine rings is 1. The fourth-order valence-electron chi connectivity index (χ4n) is 1.41. The first-order valence-corrected chi connectivity index (χ1v) is 5.56. The highest BCUT2D eigenvalue weighted by Gasteiger charge is 2.26. The van der Waals surface area contributed by atoms with Gasteiger partial charge in [-0.15, -0.1) is 0 Å². The van der Waals surface area contributed by atoms with Gasteiger partial charge in [0.15, 0.2) is 0 Å². The molecule has 0 aromatic carbocycles. The lowest BCUT2D eigenvalue weighted by Gasteiger charge is -2.23. The second-order valence-electron chi connectivity index (χ2n) is 3.59. The van der Waals surface area contributed by atoms with Gasteiger partial charge in [-0.25, -0.2) is 4.79 Å². The first kappa shape index (κ1) is 13.7. The Labute approximate surface area is 103 Å². The third-order valence-electron chi connectivity index (χ3n) is 2.38. The number of carbonyl (C=O) groups is 3. The molecule has 96 valence electrons. The van der Waals surface area contributed by atoms with Gasteiger partial charge in [-0.05, 0) is 0 Å². The van der Waals surface area contributed by atoms with Gasteiger partial charge in [0.05, 0.1) is 0 Å². The molecule has 8 heteroatoms. The Morgan fingerprint density at radius 2 is 1.65 bits per heavy atom. The molecule has 0 aliphatic carbocycles. The lowest BCUT2D eigenvalue weighted by molar-refractivity contribution is -0.132. The topological polar surface area (TPSA) is 90.0 Å². The predicted octanol–water partition coefficient (Wildman–Crippen LogP) is -0.141. The van der Waals surface area contributed by atoms with E-state index in [1.807, 2.05) is 0 Å². The maximum absolute atomic E-state index is 10.4. The van der Waals surface area contributed by atoms with E-state index in [2.05, 4.69) is 5.32 Å². The average Bonchev–Trinajstić information content (AvgIpc) is 2.62. The van der Waals surface area contributed by atoms with Crippen LogP contribution in [-0.2, 0) is 9.59 Å². The van der Waals surface area contributed by atoms with Crippen LogP contribution in [0.1, 0.15) is 12.8 Å². The summed E-state index contributed by atoms with van der Waals surface area (Å²) in [4.78, 5) is 32.4. The van der Waals surface area contributed by atoms with Crippen molar-refractivity contribution in [2.75, 3.05) is 26.2 Å². The number of carboxylic acid groups (broad SMARTS) is 1. The van der Waals surface area contributed by atoms with Crippen LogP contribution in [0.15, 0.2) is 0 Å². The molecule has 0 unspecified atom stereocenters. The third kappa shape index (κ3) is 4.20. The summed E-state index contributed by atoms with van der Waals surface area (Å²) in [6.45, 7) is 2.81. The van der Waals surface area contributed by atoms with Crippen LogP contribution in [0.2, 0.25) is 0 Å². The predicted molar refractivity (Wildman–Crippen MR) is 59.4 cm³/mol. The normalized spacial score (nSPS) is 20.1. The van der Waals surface area contributed by atoms with Crippen molar-refractivity contribution in [2.24, 2.45) is 0 Å².